The van der Waals surface area contributed by atoms with Crippen molar-refractivity contribution in [2.45, 2.75) is 137 Å². The van der Waals surface area contributed by atoms with Gasteiger partial charge in [0.15, 0.2) is 0 Å². The van der Waals surface area contributed by atoms with Crippen molar-refractivity contribution in [1.29, 1.82) is 0 Å². The maximum atomic E-state index is 13.5. The highest BCUT2D eigenvalue weighted by Crippen LogP contribution is 2.67. The smallest absolute Gasteiger partial charge is 0.416 e. The maximum absolute atomic E-state index is 13.5. The molecule has 3 saturated carbocycles. The minimum absolute atomic E-state index is 0.00980. The highest BCUT2D eigenvalue weighted by Gasteiger charge is 2.59. The van der Waals surface area contributed by atoms with E-state index in [1.807, 2.05) is 4.90 Å². The number of hydrogen-bond donors (Lipinski definition) is 1. The minimum Gasteiger partial charge on any atom is -0.464 e. The van der Waals surface area contributed by atoms with E-state index in [-0.39, 0.29) is 54.7 Å². The summed E-state index contributed by atoms with van der Waals surface area (Å²) in [6.07, 6.45) is 11.4. The molecule has 8 atom stereocenters. The van der Waals surface area contributed by atoms with Crippen LogP contribution < -0.4 is 5.73 Å². The predicted octanol–water partition coefficient (Wildman–Crippen LogP) is 9.68. The van der Waals surface area contributed by atoms with E-state index in [2.05, 4.69) is 45.6 Å². The number of nitrogens with zero attached hydrogens (tertiary/aromatic N) is 2. The van der Waals surface area contributed by atoms with E-state index in [9.17, 15) is 22.8 Å². The van der Waals surface area contributed by atoms with E-state index in [0.717, 1.165) is 60.8 Å². The van der Waals surface area contributed by atoms with Crippen molar-refractivity contribution in [3.8, 4) is 0 Å². The number of allylic oxidation sites excluding steroid dienone is 1. The lowest BCUT2D eigenvalue weighted by Gasteiger charge is -2.58. The Morgan fingerprint density at radius 3 is 2.38 bits per heavy atom. The fourth-order valence-electron chi connectivity index (χ4n) is 12.0. The Bertz CT molecular complexity index is 1520. The molecule has 55 heavy (non-hydrogen) atoms. The van der Waals surface area contributed by atoms with E-state index in [1.165, 1.54) is 69.1 Å². The number of carbonyl (C=O) groups is 2. The molecule has 1 aliphatic heterocycles. The molecule has 4 aliphatic carbocycles. The van der Waals surface area contributed by atoms with Crippen molar-refractivity contribution in [2.75, 3.05) is 45.1 Å². The van der Waals surface area contributed by atoms with Crippen molar-refractivity contribution in [3.05, 3.63) is 41.0 Å². The molecular formula is C45H68F3N3O4. The molecule has 7 nitrogen and oxygen atoms in total. The fourth-order valence-corrected chi connectivity index (χ4v) is 12.0. The van der Waals surface area contributed by atoms with E-state index >= 15 is 0 Å². The zero-order valence-corrected chi connectivity index (χ0v) is 34.2. The lowest BCUT2D eigenvalue weighted by Crippen LogP contribution is -2.51. The molecular weight excluding hydrogens is 704 g/mol. The molecule has 308 valence electrons. The Balaban J connectivity index is 0.889. The largest absolute Gasteiger partial charge is 0.464 e. The normalized spacial score (nSPS) is 31.9. The first kappa shape index (κ1) is 42.0. The van der Waals surface area contributed by atoms with Gasteiger partial charge in [0.25, 0.3) is 0 Å². The molecule has 0 bridgehead atoms. The number of rotatable bonds is 14. The van der Waals surface area contributed by atoms with Crippen LogP contribution in [0.25, 0.3) is 0 Å². The summed E-state index contributed by atoms with van der Waals surface area (Å²) in [5.74, 6) is 4.02. The lowest BCUT2D eigenvalue weighted by molar-refractivity contribution is -0.155. The third-order valence-electron chi connectivity index (χ3n) is 15.1. The van der Waals surface area contributed by atoms with Crippen LogP contribution in [0.1, 0.15) is 129 Å². The average Bonchev–Trinajstić information content (AvgIpc) is 3.49. The second-order valence-electron chi connectivity index (χ2n) is 18.9. The van der Waals surface area contributed by atoms with Crippen molar-refractivity contribution in [2.24, 2.45) is 46.3 Å². The van der Waals surface area contributed by atoms with Crippen LogP contribution in [0.4, 0.5) is 18.9 Å². The molecule has 0 amide bonds. The van der Waals surface area contributed by atoms with E-state index in [0.29, 0.717) is 38.1 Å². The number of ether oxygens (including phenoxy) is 2. The van der Waals surface area contributed by atoms with Crippen molar-refractivity contribution in [3.63, 3.8) is 0 Å². The molecule has 5 aliphatic rings. The highest BCUT2D eigenvalue weighted by atomic mass is 19.4. The quantitative estimate of drug-likeness (QED) is 0.115. The number of piperazine rings is 1. The Hall–Kier alpha value is -2.59. The molecule has 1 saturated heterocycles. The van der Waals surface area contributed by atoms with Gasteiger partial charge in [-0.05, 0) is 109 Å². The van der Waals surface area contributed by atoms with Gasteiger partial charge in [-0.3, -0.25) is 19.4 Å². The number of nitrogens with two attached hydrogens (primary N) is 1. The van der Waals surface area contributed by atoms with Crippen LogP contribution in [0.2, 0.25) is 0 Å². The maximum Gasteiger partial charge on any atom is 0.416 e. The molecule has 0 radical (unpaired) electrons. The number of halogens is 3. The first-order chi connectivity index (χ1) is 26.1. The monoisotopic (exact) mass is 772 g/mol. The van der Waals surface area contributed by atoms with E-state index in [4.69, 9.17) is 15.2 Å². The molecule has 1 aromatic carbocycles. The summed E-state index contributed by atoms with van der Waals surface area (Å²) >= 11 is 0. The summed E-state index contributed by atoms with van der Waals surface area (Å²) in [6, 6.07) is 3.96. The van der Waals surface area contributed by atoms with Gasteiger partial charge in [0, 0.05) is 51.4 Å². The summed E-state index contributed by atoms with van der Waals surface area (Å²) in [5.41, 5.74) is 7.40. The van der Waals surface area contributed by atoms with Gasteiger partial charge in [-0.15, -0.1) is 0 Å². The molecule has 0 aromatic heterocycles. The molecule has 1 heterocycles. The second-order valence-corrected chi connectivity index (χ2v) is 18.9. The summed E-state index contributed by atoms with van der Waals surface area (Å²) in [4.78, 5) is 29.5. The van der Waals surface area contributed by atoms with E-state index < -0.39 is 17.7 Å². The number of hydrogen-bond acceptors (Lipinski definition) is 7. The molecule has 0 spiro atoms. The summed E-state index contributed by atoms with van der Waals surface area (Å²) in [5, 5.41) is 0. The number of carbonyl (C=O) groups excluding carboxylic acids is 2. The van der Waals surface area contributed by atoms with Gasteiger partial charge in [0.05, 0.1) is 18.4 Å². The fraction of sp³-hybridized carbons (Fsp3) is 0.778. The van der Waals surface area contributed by atoms with Crippen LogP contribution >= 0.6 is 0 Å². The zero-order chi connectivity index (χ0) is 39.5. The molecule has 8 unspecified atom stereocenters. The van der Waals surface area contributed by atoms with Crippen LogP contribution in [0.15, 0.2) is 29.8 Å². The number of alkyl halides is 3. The number of esters is 2. The van der Waals surface area contributed by atoms with E-state index in [1.54, 1.807) is 0 Å². The highest BCUT2D eigenvalue weighted by molar-refractivity contribution is 5.77. The average molecular weight is 772 g/mol. The lowest BCUT2D eigenvalue weighted by atomic mass is 9.47. The Morgan fingerprint density at radius 1 is 0.927 bits per heavy atom. The second kappa shape index (κ2) is 17.5. The standard InChI is InChI=1S/C45H68F3N3O4/c1-30(2)7-6-8-31(3)37-13-14-38-36-12-10-33-27-35(17-19-43(33,4)39(36)18-20-44(37,38)5)55-42(53)16-15-41(52)54-26-25-50-21-23-51(24-22-50)29-32-9-11-34(49)28-40(32)45(46,47)48/h9-11,28,30-31,35-39H,6-8,12-27,29,49H2,1-5H3. The predicted molar refractivity (Wildman–Crippen MR) is 211 cm³/mol. The van der Waals surface area contributed by atoms with Gasteiger partial charge in [-0.1, -0.05) is 71.6 Å². The van der Waals surface area contributed by atoms with Gasteiger partial charge in [-0.25, -0.2) is 0 Å². The Labute approximate surface area is 328 Å². The number of nitrogen functional groups attached to an aromatic ring is 1. The molecule has 4 fully saturated rings. The van der Waals surface area contributed by atoms with Crippen molar-refractivity contribution < 1.29 is 32.2 Å². The van der Waals surface area contributed by atoms with Gasteiger partial charge < -0.3 is 15.2 Å². The molecule has 10 heteroatoms. The van der Waals surface area contributed by atoms with Crippen LogP contribution in [0, 0.1) is 46.3 Å². The number of fused-ring (bicyclic) bond motifs is 5. The third-order valence-corrected chi connectivity index (χ3v) is 15.1. The molecule has 6 rings (SSSR count). The topological polar surface area (TPSA) is 85.1 Å². The van der Waals surface area contributed by atoms with Crippen LogP contribution in [-0.4, -0.2) is 67.2 Å². The Kier molecular flexibility index (Phi) is 13.4. The first-order valence-corrected chi connectivity index (χ1v) is 21.5. The minimum atomic E-state index is -4.45. The van der Waals surface area contributed by atoms with Crippen LogP contribution in [0.5, 0.6) is 0 Å². The summed E-state index contributed by atoms with van der Waals surface area (Å²) < 4.78 is 51.9. The number of anilines is 1. The summed E-state index contributed by atoms with van der Waals surface area (Å²) in [6.45, 7) is 15.9. The third kappa shape index (κ3) is 9.76. The number of benzene rings is 1. The van der Waals surface area contributed by atoms with Crippen molar-refractivity contribution >= 4 is 17.6 Å². The first-order valence-electron chi connectivity index (χ1n) is 21.5. The van der Waals surface area contributed by atoms with Crippen LogP contribution in [0.3, 0.4) is 0 Å². The summed E-state index contributed by atoms with van der Waals surface area (Å²) in [7, 11) is 0. The van der Waals surface area contributed by atoms with Gasteiger partial charge in [0.1, 0.15) is 12.7 Å². The van der Waals surface area contributed by atoms with Gasteiger partial charge in [-0.2, -0.15) is 13.2 Å². The molecule has 2 N–H and O–H groups in total. The molecule has 1 aromatic rings. The SMILES string of the molecule is CC(C)CCCC(C)C1CCC2C3CC=C4CC(OC(=O)CCC(=O)OCCN5CCN(Cc6ccc(N)cc6C(F)(F)F)CC5)CCC4(C)C3CCC12C. The van der Waals surface area contributed by atoms with Gasteiger partial charge >= 0.3 is 18.1 Å². The Morgan fingerprint density at radius 2 is 1.65 bits per heavy atom. The van der Waals surface area contributed by atoms with Gasteiger partial charge in [0.2, 0.25) is 0 Å². The van der Waals surface area contributed by atoms with Crippen molar-refractivity contribution in [1.82, 2.24) is 9.80 Å². The zero-order valence-electron chi connectivity index (χ0n) is 34.2. The van der Waals surface area contributed by atoms with Crippen LogP contribution in [-0.2, 0) is 31.8 Å².